The number of hydrogen-bond donors (Lipinski definition) is 0. The van der Waals surface area contributed by atoms with Crippen molar-refractivity contribution in [1.29, 1.82) is 0 Å². The minimum absolute atomic E-state index is 0.0200. The van der Waals surface area contributed by atoms with E-state index in [9.17, 15) is 9.59 Å². The van der Waals surface area contributed by atoms with E-state index >= 15 is 0 Å². The third-order valence-electron chi connectivity index (χ3n) is 5.69. The number of amides is 1. The quantitative estimate of drug-likeness (QED) is 0.491. The molecule has 0 saturated carbocycles. The molecule has 0 aliphatic carbocycles. The van der Waals surface area contributed by atoms with Crippen molar-refractivity contribution in [2.24, 2.45) is 0 Å². The topological polar surface area (TPSA) is 59.5 Å². The maximum Gasteiger partial charge on any atom is 0.223 e. The highest BCUT2D eigenvalue weighted by molar-refractivity contribution is 5.83. The molecule has 2 heterocycles. The Balaban J connectivity index is 1.53. The molecule has 0 bridgehead atoms. The van der Waals surface area contributed by atoms with Gasteiger partial charge in [0.2, 0.25) is 5.91 Å². The predicted molar refractivity (Wildman–Crippen MR) is 119 cm³/mol. The largest absolute Gasteiger partial charge is 0.457 e. The zero-order chi connectivity index (χ0) is 21.8. The van der Waals surface area contributed by atoms with Crippen molar-refractivity contribution in [2.75, 3.05) is 6.54 Å². The highest BCUT2D eigenvalue weighted by Gasteiger charge is 2.32. The molecule has 1 saturated heterocycles. The van der Waals surface area contributed by atoms with Crippen molar-refractivity contribution < 1.29 is 14.3 Å². The van der Waals surface area contributed by atoms with Gasteiger partial charge in [0.25, 0.3) is 0 Å². The van der Waals surface area contributed by atoms with Crippen LogP contribution >= 0.6 is 0 Å². The smallest absolute Gasteiger partial charge is 0.223 e. The lowest BCUT2D eigenvalue weighted by Gasteiger charge is -2.18. The third-order valence-corrected chi connectivity index (χ3v) is 5.69. The standard InChI is InChI=1S/C26H26N2O3/c1-18(2)23-8-3-4-9-25(23)31-22-10-11-24(20(13-22)17-29)19-14-26(30)28(15-19)16-21-7-5-6-12-27-21/h3-13,17-19H,14-16H2,1-2H3. The Kier molecular flexibility index (Phi) is 6.12. The fourth-order valence-corrected chi connectivity index (χ4v) is 4.09. The lowest BCUT2D eigenvalue weighted by atomic mass is 9.93. The van der Waals surface area contributed by atoms with Gasteiger partial charge in [-0.25, -0.2) is 0 Å². The van der Waals surface area contributed by atoms with Crippen molar-refractivity contribution in [2.45, 2.75) is 38.6 Å². The van der Waals surface area contributed by atoms with Crippen LogP contribution in [0.1, 0.15) is 59.3 Å². The van der Waals surface area contributed by atoms with E-state index in [1.807, 2.05) is 53.4 Å². The number of rotatable bonds is 7. The molecule has 1 aliphatic rings. The lowest BCUT2D eigenvalue weighted by Crippen LogP contribution is -2.24. The fraction of sp³-hybridized carbons (Fsp3) is 0.269. The molecule has 1 atom stereocenters. The summed E-state index contributed by atoms with van der Waals surface area (Å²) in [5, 5.41) is 0. The van der Waals surface area contributed by atoms with Crippen LogP contribution in [0.15, 0.2) is 66.9 Å². The molecule has 158 valence electrons. The molecule has 1 aromatic heterocycles. The Morgan fingerprint density at radius 2 is 1.94 bits per heavy atom. The van der Waals surface area contributed by atoms with Crippen molar-refractivity contribution >= 4 is 12.2 Å². The van der Waals surface area contributed by atoms with E-state index < -0.39 is 0 Å². The van der Waals surface area contributed by atoms with Gasteiger partial charge in [-0.15, -0.1) is 0 Å². The Hall–Kier alpha value is -3.47. The Morgan fingerprint density at radius 3 is 2.68 bits per heavy atom. The highest BCUT2D eigenvalue weighted by Crippen LogP contribution is 2.35. The number of hydrogen-bond acceptors (Lipinski definition) is 4. The summed E-state index contributed by atoms with van der Waals surface area (Å²) in [6, 6.07) is 19.2. The first-order valence-electron chi connectivity index (χ1n) is 10.6. The van der Waals surface area contributed by atoms with Crippen LogP contribution in [0.3, 0.4) is 0 Å². The Morgan fingerprint density at radius 1 is 1.13 bits per heavy atom. The molecule has 31 heavy (non-hydrogen) atoms. The van der Waals surface area contributed by atoms with E-state index in [-0.39, 0.29) is 11.8 Å². The number of nitrogens with zero attached hydrogens (tertiary/aromatic N) is 2. The normalized spacial score (nSPS) is 16.0. The molecule has 5 nitrogen and oxygen atoms in total. The molecule has 4 rings (SSSR count). The molecule has 1 unspecified atom stereocenters. The summed E-state index contributed by atoms with van der Waals surface area (Å²) in [6.45, 7) is 5.30. The van der Waals surface area contributed by atoms with Crippen molar-refractivity contribution in [1.82, 2.24) is 9.88 Å². The minimum atomic E-state index is -0.0200. The number of carbonyl (C=O) groups excluding carboxylic acids is 2. The maximum atomic E-state index is 12.6. The van der Waals surface area contributed by atoms with Crippen LogP contribution in [0.4, 0.5) is 0 Å². The number of para-hydroxylation sites is 1. The highest BCUT2D eigenvalue weighted by atomic mass is 16.5. The summed E-state index contributed by atoms with van der Waals surface area (Å²) in [5.41, 5.74) is 3.43. The van der Waals surface area contributed by atoms with Crippen molar-refractivity contribution in [3.63, 3.8) is 0 Å². The number of benzene rings is 2. The van der Waals surface area contributed by atoms with Gasteiger partial charge in [0, 0.05) is 30.6 Å². The number of carbonyl (C=O) groups is 2. The Labute approximate surface area is 182 Å². The van der Waals surface area contributed by atoms with Gasteiger partial charge in [-0.05, 0) is 47.4 Å². The monoisotopic (exact) mass is 414 g/mol. The van der Waals surface area contributed by atoms with Crippen LogP contribution in [0.5, 0.6) is 11.5 Å². The molecule has 0 N–H and O–H groups in total. The molecule has 0 radical (unpaired) electrons. The predicted octanol–water partition coefficient (Wildman–Crippen LogP) is 5.33. The average molecular weight is 415 g/mol. The molecule has 0 spiro atoms. The van der Waals surface area contributed by atoms with Crippen LogP contribution in [-0.2, 0) is 11.3 Å². The molecule has 1 amide bonds. The summed E-state index contributed by atoms with van der Waals surface area (Å²) in [6.07, 6.45) is 2.97. The van der Waals surface area contributed by atoms with Gasteiger partial charge in [0.1, 0.15) is 17.8 Å². The number of pyridine rings is 1. The number of aldehydes is 1. The van der Waals surface area contributed by atoms with E-state index in [0.717, 1.165) is 28.9 Å². The zero-order valence-electron chi connectivity index (χ0n) is 17.8. The minimum Gasteiger partial charge on any atom is -0.457 e. The second-order valence-electron chi connectivity index (χ2n) is 8.20. The summed E-state index contributed by atoms with van der Waals surface area (Å²) >= 11 is 0. The molecular formula is C26H26N2O3. The molecule has 2 aromatic carbocycles. The summed E-state index contributed by atoms with van der Waals surface area (Å²) in [5.74, 6) is 1.80. The Bertz CT molecular complexity index is 1080. The van der Waals surface area contributed by atoms with Crippen LogP contribution in [0, 0.1) is 0 Å². The maximum absolute atomic E-state index is 12.6. The first-order valence-corrected chi connectivity index (χ1v) is 10.6. The molecule has 3 aromatic rings. The van der Waals surface area contributed by atoms with E-state index in [1.165, 1.54) is 0 Å². The van der Waals surface area contributed by atoms with Crippen LogP contribution in [-0.4, -0.2) is 28.6 Å². The van der Waals surface area contributed by atoms with Gasteiger partial charge in [-0.1, -0.05) is 44.2 Å². The zero-order valence-corrected chi connectivity index (χ0v) is 17.8. The first kappa shape index (κ1) is 20.8. The van der Waals surface area contributed by atoms with Crippen molar-refractivity contribution in [3.05, 3.63) is 89.2 Å². The summed E-state index contributed by atoms with van der Waals surface area (Å²) < 4.78 is 6.11. The molecule has 5 heteroatoms. The average Bonchev–Trinajstić information content (AvgIpc) is 3.14. The van der Waals surface area contributed by atoms with Gasteiger partial charge >= 0.3 is 0 Å². The summed E-state index contributed by atoms with van der Waals surface area (Å²) in [4.78, 5) is 30.5. The van der Waals surface area contributed by atoms with Crippen LogP contribution in [0.25, 0.3) is 0 Å². The van der Waals surface area contributed by atoms with Gasteiger partial charge < -0.3 is 9.64 Å². The fourth-order valence-electron chi connectivity index (χ4n) is 4.09. The lowest BCUT2D eigenvalue weighted by molar-refractivity contribution is -0.128. The molecular weight excluding hydrogens is 388 g/mol. The second kappa shape index (κ2) is 9.13. The molecule has 1 fully saturated rings. The van der Waals surface area contributed by atoms with Gasteiger partial charge in [-0.3, -0.25) is 14.6 Å². The SMILES string of the molecule is CC(C)c1ccccc1Oc1ccc(C2CC(=O)N(Cc3ccccn3)C2)c(C=O)c1. The first-order chi connectivity index (χ1) is 15.0. The summed E-state index contributed by atoms with van der Waals surface area (Å²) in [7, 11) is 0. The van der Waals surface area contributed by atoms with E-state index in [1.54, 1.807) is 12.3 Å². The third kappa shape index (κ3) is 4.66. The van der Waals surface area contributed by atoms with Gasteiger partial charge in [-0.2, -0.15) is 0 Å². The van der Waals surface area contributed by atoms with E-state index in [4.69, 9.17) is 4.74 Å². The van der Waals surface area contributed by atoms with E-state index in [2.05, 4.69) is 24.9 Å². The van der Waals surface area contributed by atoms with Gasteiger partial charge in [0.05, 0.1) is 12.2 Å². The second-order valence-corrected chi connectivity index (χ2v) is 8.20. The number of likely N-dealkylation sites (tertiary alicyclic amines) is 1. The van der Waals surface area contributed by atoms with E-state index in [0.29, 0.717) is 36.7 Å². The van der Waals surface area contributed by atoms with Crippen molar-refractivity contribution in [3.8, 4) is 11.5 Å². The number of ether oxygens (including phenoxy) is 1. The van der Waals surface area contributed by atoms with Crippen LogP contribution < -0.4 is 4.74 Å². The van der Waals surface area contributed by atoms with Crippen LogP contribution in [0.2, 0.25) is 0 Å². The number of aromatic nitrogens is 1. The van der Waals surface area contributed by atoms with Gasteiger partial charge in [0.15, 0.2) is 0 Å². The molecule has 1 aliphatic heterocycles.